The maximum absolute atomic E-state index is 13.5. The molecule has 0 atom stereocenters. The minimum Gasteiger partial charge on any atom is -0.356 e. The van der Waals surface area contributed by atoms with Gasteiger partial charge in [0.2, 0.25) is 0 Å². The van der Waals surface area contributed by atoms with Gasteiger partial charge in [0.05, 0.1) is 24.9 Å². The van der Waals surface area contributed by atoms with Gasteiger partial charge in [-0.1, -0.05) is 37.2 Å². The van der Waals surface area contributed by atoms with Gasteiger partial charge in [0.15, 0.2) is 11.6 Å². The summed E-state index contributed by atoms with van der Waals surface area (Å²) in [5, 5.41) is 3.54. The van der Waals surface area contributed by atoms with Gasteiger partial charge in [-0.2, -0.15) is 0 Å². The number of carbonyl (C=O) groups is 1. The summed E-state index contributed by atoms with van der Waals surface area (Å²) >= 11 is 0. The Balaban J connectivity index is 1.27. The summed E-state index contributed by atoms with van der Waals surface area (Å²) in [4.78, 5) is 40.6. The molecule has 1 amide bonds. The molecule has 1 aliphatic rings. The highest BCUT2D eigenvalue weighted by molar-refractivity contribution is 5.93. The van der Waals surface area contributed by atoms with Gasteiger partial charge < -0.3 is 10.2 Å². The lowest BCUT2D eigenvalue weighted by Crippen LogP contribution is -2.34. The van der Waals surface area contributed by atoms with Crippen molar-refractivity contribution in [3.05, 3.63) is 93.9 Å². The molecule has 1 N–H and O–H groups in total. The van der Waals surface area contributed by atoms with Crippen LogP contribution in [0.4, 0.5) is 14.6 Å². The lowest BCUT2D eigenvalue weighted by Gasteiger charge is -2.32. The van der Waals surface area contributed by atoms with Gasteiger partial charge in [0.25, 0.3) is 11.5 Å². The molecular weight excluding hydrogens is 514 g/mol. The first-order valence-corrected chi connectivity index (χ1v) is 13.1. The molecule has 1 saturated carbocycles. The van der Waals surface area contributed by atoms with Crippen LogP contribution < -0.4 is 15.8 Å². The molecule has 0 aliphatic heterocycles. The molecule has 2 aromatic heterocycles. The Morgan fingerprint density at radius 2 is 1.93 bits per heavy atom. The molecule has 0 bridgehead atoms. The van der Waals surface area contributed by atoms with Crippen LogP contribution >= 0.6 is 0 Å². The van der Waals surface area contributed by atoms with E-state index >= 15 is 0 Å². The van der Waals surface area contributed by atoms with Crippen LogP contribution in [-0.4, -0.2) is 45.1 Å². The molecule has 204 valence electrons. The Kier molecular flexibility index (Phi) is 8.10. The zero-order chi connectivity index (χ0) is 28.1. The van der Waals surface area contributed by atoms with Crippen molar-refractivity contribution in [2.75, 3.05) is 18.5 Å². The maximum Gasteiger partial charge on any atom is 0.266 e. The normalized spacial score (nSPS) is 13.5. The third kappa shape index (κ3) is 5.99. The highest BCUT2D eigenvalue weighted by Crippen LogP contribution is 2.29. The SMILES string of the molecule is CN(c1ncnc2ccc(C#CCNC(=O)c3cncn(Cc4ccc(F)c(F)c4)c3=O)cc12)C1CCCCC1. The molecule has 0 radical (unpaired) electrons. The summed E-state index contributed by atoms with van der Waals surface area (Å²) in [6.07, 6.45) is 10.0. The van der Waals surface area contributed by atoms with E-state index < -0.39 is 23.1 Å². The van der Waals surface area contributed by atoms with E-state index in [0.717, 1.165) is 51.8 Å². The first-order valence-electron chi connectivity index (χ1n) is 13.1. The average molecular weight is 543 g/mol. The molecule has 5 rings (SSSR count). The minimum absolute atomic E-state index is 0.00843. The summed E-state index contributed by atoms with van der Waals surface area (Å²) in [7, 11) is 2.08. The fraction of sp³-hybridized carbons (Fsp3) is 0.300. The molecule has 0 unspecified atom stereocenters. The molecule has 8 nitrogen and oxygen atoms in total. The van der Waals surface area contributed by atoms with Crippen LogP contribution in [0.1, 0.15) is 53.6 Å². The fourth-order valence-corrected chi connectivity index (χ4v) is 4.96. The molecule has 2 aromatic carbocycles. The standard InChI is InChI=1S/C30H28F2N6O2/c1-37(22-7-3-2-4-8-22)28-23-14-20(10-12-27(23)35-18-36-28)6-5-13-34-29(39)24-16-33-19-38(30(24)40)17-21-9-11-25(31)26(32)15-21/h9-12,14-16,18-19,22H,2-4,7-8,13,17H2,1H3,(H,34,39). The quantitative estimate of drug-likeness (QED) is 0.370. The Morgan fingerprint density at radius 3 is 2.73 bits per heavy atom. The van der Waals surface area contributed by atoms with Gasteiger partial charge in [-0.25, -0.2) is 23.7 Å². The third-order valence-corrected chi connectivity index (χ3v) is 7.12. The maximum atomic E-state index is 13.5. The Bertz CT molecular complexity index is 1670. The van der Waals surface area contributed by atoms with E-state index in [1.807, 2.05) is 18.2 Å². The minimum atomic E-state index is -1.02. The van der Waals surface area contributed by atoms with E-state index in [2.05, 4.69) is 44.1 Å². The average Bonchev–Trinajstić information content (AvgIpc) is 2.98. The molecule has 40 heavy (non-hydrogen) atoms. The summed E-state index contributed by atoms with van der Waals surface area (Å²) in [5.74, 6) is 4.23. The lowest BCUT2D eigenvalue weighted by atomic mass is 9.94. The van der Waals surface area contributed by atoms with Gasteiger partial charge in [-0.15, -0.1) is 0 Å². The number of halogens is 2. The highest BCUT2D eigenvalue weighted by atomic mass is 19.2. The first-order chi connectivity index (χ1) is 19.4. The van der Waals surface area contributed by atoms with Crippen molar-refractivity contribution in [1.82, 2.24) is 24.8 Å². The van der Waals surface area contributed by atoms with Gasteiger partial charge in [-0.05, 0) is 48.7 Å². The Hall–Kier alpha value is -4.65. The number of nitrogens with one attached hydrogen (secondary N) is 1. The summed E-state index contributed by atoms with van der Waals surface area (Å²) in [5.41, 5.74) is 1.17. The van der Waals surface area contributed by atoms with Crippen molar-refractivity contribution in [3.63, 3.8) is 0 Å². The molecular formula is C30H28F2N6O2. The van der Waals surface area contributed by atoms with Crippen molar-refractivity contribution in [1.29, 1.82) is 0 Å². The molecule has 10 heteroatoms. The number of rotatable bonds is 6. The molecule has 0 saturated heterocycles. The highest BCUT2D eigenvalue weighted by Gasteiger charge is 2.21. The smallest absolute Gasteiger partial charge is 0.266 e. The fourth-order valence-electron chi connectivity index (χ4n) is 4.96. The second-order valence-electron chi connectivity index (χ2n) is 9.81. The third-order valence-electron chi connectivity index (χ3n) is 7.12. The topological polar surface area (TPSA) is 93.0 Å². The van der Waals surface area contributed by atoms with Crippen molar-refractivity contribution in [3.8, 4) is 11.8 Å². The lowest BCUT2D eigenvalue weighted by molar-refractivity contribution is 0.0956. The number of carbonyl (C=O) groups excluding carboxylic acids is 1. The Labute approximate surface area is 230 Å². The molecule has 0 spiro atoms. The number of nitrogens with zero attached hydrogens (tertiary/aromatic N) is 5. The summed E-state index contributed by atoms with van der Waals surface area (Å²) in [6.45, 7) is -0.0535. The second-order valence-corrected chi connectivity index (χ2v) is 9.81. The van der Waals surface area contributed by atoms with Gasteiger partial charge in [0, 0.05) is 30.2 Å². The van der Waals surface area contributed by atoms with E-state index in [0.29, 0.717) is 11.6 Å². The van der Waals surface area contributed by atoms with Crippen LogP contribution in [0.25, 0.3) is 10.9 Å². The van der Waals surface area contributed by atoms with Crippen LogP contribution in [0.5, 0.6) is 0 Å². The summed E-state index contributed by atoms with van der Waals surface area (Å²) in [6, 6.07) is 9.53. The monoisotopic (exact) mass is 542 g/mol. The van der Waals surface area contributed by atoms with Crippen LogP contribution in [-0.2, 0) is 6.54 Å². The number of benzene rings is 2. The van der Waals surface area contributed by atoms with Crippen LogP contribution in [0.2, 0.25) is 0 Å². The van der Waals surface area contributed by atoms with Crippen molar-refractivity contribution in [2.45, 2.75) is 44.7 Å². The van der Waals surface area contributed by atoms with Gasteiger partial charge in [-0.3, -0.25) is 14.2 Å². The van der Waals surface area contributed by atoms with E-state index in [4.69, 9.17) is 0 Å². The summed E-state index contributed by atoms with van der Waals surface area (Å²) < 4.78 is 27.9. The zero-order valence-electron chi connectivity index (χ0n) is 22.0. The van der Waals surface area contributed by atoms with Crippen molar-refractivity contribution >= 4 is 22.6 Å². The predicted octanol–water partition coefficient (Wildman–Crippen LogP) is 4.06. The predicted molar refractivity (Wildman–Crippen MR) is 148 cm³/mol. The zero-order valence-corrected chi connectivity index (χ0v) is 22.0. The van der Waals surface area contributed by atoms with Gasteiger partial charge in [0.1, 0.15) is 17.7 Å². The number of hydrogen-bond acceptors (Lipinski definition) is 6. The number of anilines is 1. The Morgan fingerprint density at radius 1 is 1.10 bits per heavy atom. The van der Waals surface area contributed by atoms with E-state index in [1.54, 1.807) is 6.33 Å². The van der Waals surface area contributed by atoms with Crippen LogP contribution in [0.15, 0.2) is 60.0 Å². The van der Waals surface area contributed by atoms with E-state index in [-0.39, 0.29) is 18.7 Å². The number of fused-ring (bicyclic) bond motifs is 1. The number of aromatic nitrogens is 4. The van der Waals surface area contributed by atoms with E-state index in [9.17, 15) is 18.4 Å². The molecule has 4 aromatic rings. The molecule has 1 fully saturated rings. The first kappa shape index (κ1) is 26.9. The van der Waals surface area contributed by atoms with Crippen LogP contribution in [0.3, 0.4) is 0 Å². The number of hydrogen-bond donors (Lipinski definition) is 1. The number of amides is 1. The second kappa shape index (κ2) is 12.0. The van der Waals surface area contributed by atoms with E-state index in [1.165, 1.54) is 37.9 Å². The molecule has 2 heterocycles. The van der Waals surface area contributed by atoms with Crippen molar-refractivity contribution < 1.29 is 13.6 Å². The van der Waals surface area contributed by atoms with Crippen molar-refractivity contribution in [2.24, 2.45) is 0 Å². The van der Waals surface area contributed by atoms with Gasteiger partial charge >= 0.3 is 0 Å². The molecule has 1 aliphatic carbocycles. The van der Waals surface area contributed by atoms with Crippen LogP contribution in [0, 0.1) is 23.5 Å². The largest absolute Gasteiger partial charge is 0.356 e.